The first-order valence-corrected chi connectivity index (χ1v) is 17.5. The molecule has 2 atom stereocenters. The van der Waals surface area contributed by atoms with Crippen LogP contribution in [-0.2, 0) is 15.8 Å². The molecule has 1 aliphatic rings. The first-order valence-electron chi connectivity index (χ1n) is 14.3. The third kappa shape index (κ3) is 6.14. The topological polar surface area (TPSA) is 67.2 Å². The number of morpholine rings is 1. The quantitative estimate of drug-likeness (QED) is 0.0991. The normalized spacial score (nSPS) is 18.2. The summed E-state index contributed by atoms with van der Waals surface area (Å²) in [4.78, 5) is 6.70. The van der Waals surface area contributed by atoms with Crippen LogP contribution < -0.4 is 15.3 Å². The lowest BCUT2D eigenvalue weighted by Crippen LogP contribution is -2.66. The van der Waals surface area contributed by atoms with Crippen molar-refractivity contribution in [3.63, 3.8) is 0 Å². The smallest absolute Gasteiger partial charge is 0.261 e. The van der Waals surface area contributed by atoms with Crippen LogP contribution in [0.2, 0.25) is 10.1 Å². The number of nitrogens with zero attached hydrogens (tertiary/aromatic N) is 3. The maximum absolute atomic E-state index is 16.2. The molecule has 0 spiro atoms. The Bertz CT molecular complexity index is 1520. The molecule has 1 aliphatic heterocycles. The van der Waals surface area contributed by atoms with Crippen molar-refractivity contribution in [2.75, 3.05) is 18.0 Å². The third-order valence-corrected chi connectivity index (χ3v) is 14.0. The van der Waals surface area contributed by atoms with E-state index in [2.05, 4.69) is 60.1 Å². The summed E-state index contributed by atoms with van der Waals surface area (Å²) in [5, 5.41) is 15.5. The van der Waals surface area contributed by atoms with Gasteiger partial charge in [-0.1, -0.05) is 98.2 Å². The zero-order chi connectivity index (χ0) is 30.8. The molecule has 0 saturated carbocycles. The zero-order valence-electron chi connectivity index (χ0n) is 25.1. The molecule has 2 heterocycles. The van der Waals surface area contributed by atoms with Gasteiger partial charge in [0.25, 0.3) is 8.32 Å². The molecular formula is C33H37ClFN3O3SSi. The van der Waals surface area contributed by atoms with E-state index in [1.54, 1.807) is 17.8 Å². The first-order chi connectivity index (χ1) is 20.6. The van der Waals surface area contributed by atoms with Crippen molar-refractivity contribution in [1.29, 1.82) is 0 Å². The molecule has 0 aliphatic carbocycles. The molecule has 4 aromatic rings. The van der Waals surface area contributed by atoms with Crippen LogP contribution in [0.4, 0.5) is 10.1 Å². The van der Waals surface area contributed by atoms with Crippen LogP contribution in [0.15, 0.2) is 83.6 Å². The van der Waals surface area contributed by atoms with Crippen molar-refractivity contribution in [2.45, 2.75) is 58.5 Å². The van der Waals surface area contributed by atoms with Crippen molar-refractivity contribution in [1.82, 2.24) is 4.98 Å². The standard InChI is InChI=1S/C33H37ClFN3O3SSi/c1-22-18-38(19-23(2)41-22)32-24(16-27(30(35)29(32)34)31(37-39)28-17-36-21-42-28)20-40-43(33(3,4)5,25-12-8-6-9-13-25)26-14-10-7-11-15-26/h6-17,21-23,39H,18-20H2,1-5H3/b37-31-/t22-,23+. The average molecular weight is 638 g/mol. The molecule has 43 heavy (non-hydrogen) atoms. The van der Waals surface area contributed by atoms with Crippen LogP contribution in [0.3, 0.4) is 0 Å². The number of benzene rings is 3. The van der Waals surface area contributed by atoms with Crippen molar-refractivity contribution in [2.24, 2.45) is 5.16 Å². The highest BCUT2D eigenvalue weighted by Crippen LogP contribution is 2.41. The van der Waals surface area contributed by atoms with Crippen LogP contribution >= 0.6 is 22.9 Å². The minimum Gasteiger partial charge on any atom is -0.410 e. The van der Waals surface area contributed by atoms with Gasteiger partial charge in [0.1, 0.15) is 10.7 Å². The second-order valence-electron chi connectivity index (χ2n) is 12.0. The van der Waals surface area contributed by atoms with Gasteiger partial charge in [0.05, 0.1) is 34.9 Å². The molecule has 0 unspecified atom stereocenters. The summed E-state index contributed by atoms with van der Waals surface area (Å²) in [6.45, 7) is 11.9. The molecule has 226 valence electrons. The van der Waals surface area contributed by atoms with Gasteiger partial charge in [-0.25, -0.2) is 4.39 Å². The summed E-state index contributed by atoms with van der Waals surface area (Å²) in [5.41, 5.74) is 3.06. The number of halogens is 2. The summed E-state index contributed by atoms with van der Waals surface area (Å²) in [6, 6.07) is 22.5. The molecule has 1 fully saturated rings. The van der Waals surface area contributed by atoms with E-state index in [1.807, 2.05) is 50.2 Å². The fourth-order valence-corrected chi connectivity index (χ4v) is 11.7. The third-order valence-electron chi connectivity index (χ3n) is 7.88. The predicted molar refractivity (Wildman–Crippen MR) is 176 cm³/mol. The Morgan fingerprint density at radius 1 is 1.09 bits per heavy atom. The lowest BCUT2D eigenvalue weighted by Gasteiger charge is -2.43. The molecule has 0 radical (unpaired) electrons. The van der Waals surface area contributed by atoms with E-state index in [4.69, 9.17) is 20.8 Å². The van der Waals surface area contributed by atoms with Gasteiger partial charge in [-0.05, 0) is 35.3 Å². The van der Waals surface area contributed by atoms with Gasteiger partial charge in [-0.2, -0.15) is 0 Å². The summed E-state index contributed by atoms with van der Waals surface area (Å²) >= 11 is 8.17. The molecule has 1 saturated heterocycles. The molecule has 1 aromatic heterocycles. The minimum atomic E-state index is -2.94. The zero-order valence-corrected chi connectivity index (χ0v) is 27.6. The summed E-state index contributed by atoms with van der Waals surface area (Å²) in [7, 11) is -2.94. The lowest BCUT2D eigenvalue weighted by atomic mass is 10.0. The van der Waals surface area contributed by atoms with Crippen LogP contribution in [-0.4, -0.2) is 49.5 Å². The number of hydrogen-bond acceptors (Lipinski definition) is 7. The molecule has 0 amide bonds. The van der Waals surface area contributed by atoms with Gasteiger partial charge >= 0.3 is 0 Å². The molecule has 0 bridgehead atoms. The van der Waals surface area contributed by atoms with Crippen molar-refractivity contribution >= 4 is 53.0 Å². The van der Waals surface area contributed by atoms with E-state index >= 15 is 4.39 Å². The first kappa shape index (κ1) is 31.3. The van der Waals surface area contributed by atoms with Gasteiger partial charge in [0.15, 0.2) is 5.82 Å². The van der Waals surface area contributed by atoms with Crippen LogP contribution in [0.5, 0.6) is 0 Å². The Morgan fingerprint density at radius 3 is 2.16 bits per heavy atom. The average Bonchev–Trinajstić information content (AvgIpc) is 3.51. The number of oxime groups is 1. The second-order valence-corrected chi connectivity index (χ2v) is 17.6. The monoisotopic (exact) mass is 637 g/mol. The Morgan fingerprint density at radius 2 is 1.67 bits per heavy atom. The summed E-state index contributed by atoms with van der Waals surface area (Å²) in [5.74, 6) is -0.654. The number of ether oxygens (including phenoxy) is 1. The van der Waals surface area contributed by atoms with Crippen LogP contribution in [0.25, 0.3) is 0 Å². The number of rotatable bonds is 8. The molecule has 6 nitrogen and oxygen atoms in total. The highest BCUT2D eigenvalue weighted by molar-refractivity contribution is 7.12. The SMILES string of the molecule is C[C@@H]1CN(c2c(CO[Si](c3ccccc3)(c3ccccc3)C(C)(C)C)cc(/C(=N/O)c3cncs3)c(F)c2Cl)C[C@H](C)O1. The fraction of sp³-hybridized carbons (Fsp3) is 0.333. The maximum Gasteiger partial charge on any atom is 0.261 e. The summed E-state index contributed by atoms with van der Waals surface area (Å²) < 4.78 is 29.5. The Labute approximate surface area is 262 Å². The van der Waals surface area contributed by atoms with Gasteiger partial charge < -0.3 is 19.3 Å². The van der Waals surface area contributed by atoms with E-state index in [1.165, 1.54) is 11.3 Å². The Kier molecular flexibility index (Phi) is 9.39. The number of anilines is 1. The van der Waals surface area contributed by atoms with E-state index in [0.29, 0.717) is 29.2 Å². The fourth-order valence-electron chi connectivity index (χ4n) is 6.17. The van der Waals surface area contributed by atoms with Crippen LogP contribution in [0.1, 0.15) is 50.6 Å². The van der Waals surface area contributed by atoms with E-state index in [-0.39, 0.29) is 40.2 Å². The highest BCUT2D eigenvalue weighted by Gasteiger charge is 2.50. The molecule has 5 rings (SSSR count). The van der Waals surface area contributed by atoms with Gasteiger partial charge in [-0.15, -0.1) is 11.3 Å². The van der Waals surface area contributed by atoms with Gasteiger partial charge in [-0.3, -0.25) is 4.98 Å². The largest absolute Gasteiger partial charge is 0.410 e. The number of aromatic nitrogens is 1. The predicted octanol–water partition coefficient (Wildman–Crippen LogP) is 6.85. The molecule has 10 heteroatoms. The minimum absolute atomic E-state index is 0.0366. The molecule has 3 aromatic carbocycles. The Balaban J connectivity index is 1.70. The second kappa shape index (κ2) is 12.9. The van der Waals surface area contributed by atoms with Crippen molar-refractivity contribution in [3.05, 3.63) is 105 Å². The maximum atomic E-state index is 16.2. The van der Waals surface area contributed by atoms with Gasteiger partial charge in [0, 0.05) is 30.4 Å². The van der Waals surface area contributed by atoms with Crippen molar-refractivity contribution < 1.29 is 18.8 Å². The van der Waals surface area contributed by atoms with Crippen LogP contribution in [0, 0.1) is 5.82 Å². The van der Waals surface area contributed by atoms with E-state index < -0.39 is 14.1 Å². The number of thiazole rings is 1. The lowest BCUT2D eigenvalue weighted by molar-refractivity contribution is -0.00532. The van der Waals surface area contributed by atoms with E-state index in [0.717, 1.165) is 10.4 Å². The van der Waals surface area contributed by atoms with E-state index in [9.17, 15) is 5.21 Å². The molecule has 1 N–H and O–H groups in total. The Hall–Kier alpha value is -3.08. The molecular weight excluding hydrogens is 601 g/mol. The highest BCUT2D eigenvalue weighted by atomic mass is 35.5. The van der Waals surface area contributed by atoms with Gasteiger partial charge in [0.2, 0.25) is 0 Å². The van der Waals surface area contributed by atoms with Crippen molar-refractivity contribution in [3.8, 4) is 0 Å². The number of hydrogen-bond donors (Lipinski definition) is 1. The summed E-state index contributed by atoms with van der Waals surface area (Å²) in [6.07, 6.45) is 1.41.